The van der Waals surface area contributed by atoms with Gasteiger partial charge in [-0.3, -0.25) is 9.59 Å². The molecule has 1 spiro atoms. The highest BCUT2D eigenvalue weighted by atomic mass is 16.5. The van der Waals surface area contributed by atoms with Gasteiger partial charge in [0, 0.05) is 24.9 Å². The number of hydrogen-bond acceptors (Lipinski definition) is 5. The van der Waals surface area contributed by atoms with E-state index in [0.717, 1.165) is 17.7 Å². The second-order valence-corrected chi connectivity index (χ2v) is 9.02. The van der Waals surface area contributed by atoms with E-state index in [4.69, 9.17) is 14.2 Å². The molecule has 0 aliphatic carbocycles. The minimum absolute atomic E-state index is 0.0686. The first-order valence-electron chi connectivity index (χ1n) is 10.4. The zero-order chi connectivity index (χ0) is 20.9. The molecule has 1 atom stereocenters. The Morgan fingerprint density at radius 3 is 2.80 bits per heavy atom. The molecule has 1 amide bonds. The molecule has 2 aromatic carbocycles. The van der Waals surface area contributed by atoms with Crippen LogP contribution in [0.25, 0.3) is 0 Å². The van der Waals surface area contributed by atoms with Crippen molar-refractivity contribution in [2.24, 2.45) is 0 Å². The third-order valence-corrected chi connectivity index (χ3v) is 6.07. The summed E-state index contributed by atoms with van der Waals surface area (Å²) in [4.78, 5) is 27.1. The van der Waals surface area contributed by atoms with Crippen LogP contribution in [0.3, 0.4) is 0 Å². The summed E-state index contributed by atoms with van der Waals surface area (Å²) < 4.78 is 18.1. The Morgan fingerprint density at radius 1 is 1.10 bits per heavy atom. The van der Waals surface area contributed by atoms with Gasteiger partial charge < -0.3 is 19.1 Å². The average molecular weight is 407 g/mol. The fourth-order valence-electron chi connectivity index (χ4n) is 4.66. The highest BCUT2D eigenvalue weighted by Gasteiger charge is 2.47. The van der Waals surface area contributed by atoms with E-state index in [2.05, 4.69) is 0 Å². The first kappa shape index (κ1) is 19.0. The van der Waals surface area contributed by atoms with Gasteiger partial charge >= 0.3 is 0 Å². The lowest BCUT2D eigenvalue weighted by atomic mass is 9.89. The van der Waals surface area contributed by atoms with Crippen molar-refractivity contribution in [3.63, 3.8) is 0 Å². The molecular weight excluding hydrogens is 382 g/mol. The van der Waals surface area contributed by atoms with E-state index in [1.165, 1.54) is 0 Å². The standard InChI is InChI=1S/C24H25NO5/c1-23(2)12-16-6-5-9-20(22(16)30-23)28-14-21(27)25-11-10-24(15-25)13-18(26)17-7-3-4-8-19(17)29-24/h3-9H,10-15H2,1-2H3/t24-/m1/s1. The molecule has 1 saturated heterocycles. The molecule has 156 valence electrons. The van der Waals surface area contributed by atoms with Gasteiger partial charge in [-0.25, -0.2) is 0 Å². The maximum atomic E-state index is 12.8. The van der Waals surface area contributed by atoms with Gasteiger partial charge in [0.15, 0.2) is 23.9 Å². The van der Waals surface area contributed by atoms with Crippen molar-refractivity contribution in [2.75, 3.05) is 19.7 Å². The summed E-state index contributed by atoms with van der Waals surface area (Å²) in [5.41, 5.74) is 0.811. The Balaban J connectivity index is 1.25. The lowest BCUT2D eigenvalue weighted by molar-refractivity contribution is -0.133. The first-order valence-corrected chi connectivity index (χ1v) is 10.4. The molecule has 0 bridgehead atoms. The van der Waals surface area contributed by atoms with Crippen LogP contribution in [0.15, 0.2) is 42.5 Å². The molecule has 1 fully saturated rings. The van der Waals surface area contributed by atoms with Crippen LogP contribution in [-0.4, -0.2) is 47.5 Å². The smallest absolute Gasteiger partial charge is 0.260 e. The molecule has 0 unspecified atom stereocenters. The number of ketones is 1. The third-order valence-electron chi connectivity index (χ3n) is 6.07. The van der Waals surface area contributed by atoms with E-state index in [9.17, 15) is 9.59 Å². The number of ether oxygens (including phenoxy) is 3. The van der Waals surface area contributed by atoms with Crippen LogP contribution in [0, 0.1) is 0 Å². The van der Waals surface area contributed by atoms with E-state index in [0.29, 0.717) is 43.0 Å². The number of hydrogen-bond donors (Lipinski definition) is 0. The van der Waals surface area contributed by atoms with E-state index in [1.54, 1.807) is 11.0 Å². The van der Waals surface area contributed by atoms with Crippen molar-refractivity contribution < 1.29 is 23.8 Å². The number of amides is 1. The van der Waals surface area contributed by atoms with Gasteiger partial charge in [0.2, 0.25) is 0 Å². The van der Waals surface area contributed by atoms with E-state index in [1.807, 2.05) is 50.2 Å². The van der Waals surface area contributed by atoms with E-state index < -0.39 is 5.60 Å². The highest BCUT2D eigenvalue weighted by molar-refractivity contribution is 6.00. The van der Waals surface area contributed by atoms with Crippen molar-refractivity contribution in [1.82, 2.24) is 4.90 Å². The Kier molecular flexibility index (Phi) is 4.27. The molecule has 5 rings (SSSR count). The van der Waals surface area contributed by atoms with Crippen LogP contribution in [0.5, 0.6) is 17.2 Å². The SMILES string of the molecule is CC1(C)Cc2cccc(OCC(=O)N3CC[C@@]4(CC(=O)c5ccccc5O4)C3)c2O1. The van der Waals surface area contributed by atoms with Crippen LogP contribution in [-0.2, 0) is 11.2 Å². The molecule has 6 heteroatoms. The van der Waals surface area contributed by atoms with Crippen molar-refractivity contribution >= 4 is 11.7 Å². The predicted molar refractivity (Wildman–Crippen MR) is 110 cm³/mol. The van der Waals surface area contributed by atoms with Crippen molar-refractivity contribution in [1.29, 1.82) is 0 Å². The molecule has 0 radical (unpaired) electrons. The number of fused-ring (bicyclic) bond motifs is 2. The number of Topliss-reactive ketones (excluding diaryl/α,β-unsaturated/α-hetero) is 1. The van der Waals surface area contributed by atoms with Gasteiger partial charge in [0.1, 0.15) is 17.0 Å². The van der Waals surface area contributed by atoms with Gasteiger partial charge in [0.25, 0.3) is 5.91 Å². The Hall–Kier alpha value is -3.02. The average Bonchev–Trinajstić information content (AvgIpc) is 3.25. The molecule has 6 nitrogen and oxygen atoms in total. The minimum atomic E-state index is -0.637. The number of para-hydroxylation sites is 2. The lowest BCUT2D eigenvalue weighted by Crippen LogP contribution is -2.45. The molecule has 30 heavy (non-hydrogen) atoms. The molecular formula is C24H25NO5. The van der Waals surface area contributed by atoms with Gasteiger partial charge in [-0.1, -0.05) is 24.3 Å². The summed E-state index contributed by atoms with van der Waals surface area (Å²) in [6.45, 7) is 4.95. The number of benzene rings is 2. The number of carbonyl (C=O) groups excluding carboxylic acids is 2. The molecule has 3 aliphatic rings. The first-order chi connectivity index (χ1) is 14.3. The topological polar surface area (TPSA) is 65.1 Å². The summed E-state index contributed by atoms with van der Waals surface area (Å²) in [5, 5.41) is 0. The molecule has 0 aromatic heterocycles. The van der Waals surface area contributed by atoms with Gasteiger partial charge in [0.05, 0.1) is 18.5 Å². The molecule has 0 N–H and O–H groups in total. The summed E-state index contributed by atoms with van der Waals surface area (Å²) in [6, 6.07) is 13.1. The molecule has 3 heterocycles. The maximum Gasteiger partial charge on any atom is 0.260 e. The number of nitrogens with zero attached hydrogens (tertiary/aromatic N) is 1. The fourth-order valence-corrected chi connectivity index (χ4v) is 4.66. The molecule has 0 saturated carbocycles. The zero-order valence-electron chi connectivity index (χ0n) is 17.3. The van der Waals surface area contributed by atoms with Gasteiger partial charge in [-0.2, -0.15) is 0 Å². The van der Waals surface area contributed by atoms with Crippen molar-refractivity contribution in [2.45, 2.75) is 44.3 Å². The lowest BCUT2D eigenvalue weighted by Gasteiger charge is -2.34. The Bertz CT molecular complexity index is 1030. The number of likely N-dealkylation sites (tertiary alicyclic amines) is 1. The van der Waals surface area contributed by atoms with Crippen LogP contribution >= 0.6 is 0 Å². The monoisotopic (exact) mass is 407 g/mol. The van der Waals surface area contributed by atoms with Crippen molar-refractivity contribution in [3.8, 4) is 17.2 Å². The van der Waals surface area contributed by atoms with E-state index >= 15 is 0 Å². The normalized spacial score (nSPS) is 23.5. The van der Waals surface area contributed by atoms with Crippen LogP contribution in [0.1, 0.15) is 42.6 Å². The minimum Gasteiger partial charge on any atom is -0.484 e. The number of rotatable bonds is 3. The summed E-state index contributed by atoms with van der Waals surface area (Å²) in [7, 11) is 0. The van der Waals surface area contributed by atoms with E-state index in [-0.39, 0.29) is 23.9 Å². The van der Waals surface area contributed by atoms with Crippen LogP contribution in [0.4, 0.5) is 0 Å². The Labute approximate surface area is 175 Å². The van der Waals surface area contributed by atoms with Crippen LogP contribution < -0.4 is 14.2 Å². The fraction of sp³-hybridized carbons (Fsp3) is 0.417. The molecule has 3 aliphatic heterocycles. The zero-order valence-corrected chi connectivity index (χ0v) is 17.3. The summed E-state index contributed by atoms with van der Waals surface area (Å²) >= 11 is 0. The Morgan fingerprint density at radius 2 is 1.93 bits per heavy atom. The highest BCUT2D eigenvalue weighted by Crippen LogP contribution is 2.42. The van der Waals surface area contributed by atoms with Crippen molar-refractivity contribution in [3.05, 3.63) is 53.6 Å². The second-order valence-electron chi connectivity index (χ2n) is 9.02. The maximum absolute atomic E-state index is 12.8. The summed E-state index contributed by atoms with van der Waals surface area (Å²) in [6.07, 6.45) is 1.75. The third kappa shape index (κ3) is 3.30. The van der Waals surface area contributed by atoms with Gasteiger partial charge in [-0.15, -0.1) is 0 Å². The second kappa shape index (κ2) is 6.76. The predicted octanol–water partition coefficient (Wildman–Crippen LogP) is 3.42. The summed E-state index contributed by atoms with van der Waals surface area (Å²) in [5.74, 6) is 1.89. The van der Waals surface area contributed by atoms with Crippen LogP contribution in [0.2, 0.25) is 0 Å². The molecule has 2 aromatic rings. The largest absolute Gasteiger partial charge is 0.484 e. The van der Waals surface area contributed by atoms with Gasteiger partial charge in [-0.05, 0) is 32.0 Å². The number of carbonyl (C=O) groups is 2. The quantitative estimate of drug-likeness (QED) is 0.780.